The van der Waals surface area contributed by atoms with Crippen molar-refractivity contribution in [2.45, 2.75) is 13.3 Å². The van der Waals surface area contributed by atoms with Crippen LogP contribution in [-0.4, -0.2) is 56.5 Å². The van der Waals surface area contributed by atoms with Crippen molar-refractivity contribution in [3.05, 3.63) is 59.8 Å². The predicted octanol–water partition coefficient (Wildman–Crippen LogP) is 1.91. The second-order valence-electron chi connectivity index (χ2n) is 7.20. The fourth-order valence-corrected chi connectivity index (χ4v) is 3.52. The van der Waals surface area contributed by atoms with Gasteiger partial charge < -0.3 is 15.4 Å². The number of ether oxygens (including phenoxy) is 1. The summed E-state index contributed by atoms with van der Waals surface area (Å²) < 4.78 is 6.68. The molecule has 1 atom stereocenters. The minimum atomic E-state index is -0.330. The van der Waals surface area contributed by atoms with Gasteiger partial charge in [-0.3, -0.25) is 14.6 Å². The Bertz CT molecular complexity index is 1080. The molecule has 154 valence electrons. The highest BCUT2D eigenvalue weighted by molar-refractivity contribution is 6.02. The Morgan fingerprint density at radius 2 is 1.90 bits per heavy atom. The summed E-state index contributed by atoms with van der Waals surface area (Å²) in [5, 5.41) is 4.28. The first-order valence-electron chi connectivity index (χ1n) is 9.58. The third kappa shape index (κ3) is 3.61. The lowest BCUT2D eigenvalue weighted by atomic mass is 9.98. The summed E-state index contributed by atoms with van der Waals surface area (Å²) in [6.45, 7) is 2.61. The van der Waals surface area contributed by atoms with Crippen LogP contribution in [0.5, 0.6) is 5.75 Å². The van der Waals surface area contributed by atoms with E-state index >= 15 is 0 Å². The SMILES string of the molecule is COc1ccc(-n2ncc(C(=O)[C@@H]3CCN(C(=O)c4cnc(C)cn4)C3)c2N)cc1. The molecule has 1 fully saturated rings. The fourth-order valence-electron chi connectivity index (χ4n) is 3.52. The highest BCUT2D eigenvalue weighted by Crippen LogP contribution is 2.26. The zero-order valence-electron chi connectivity index (χ0n) is 16.8. The van der Waals surface area contributed by atoms with Gasteiger partial charge in [-0.2, -0.15) is 5.10 Å². The van der Waals surface area contributed by atoms with Gasteiger partial charge in [0.1, 0.15) is 17.3 Å². The molecule has 1 aromatic carbocycles. The Labute approximate surface area is 173 Å². The van der Waals surface area contributed by atoms with E-state index in [0.29, 0.717) is 25.1 Å². The average Bonchev–Trinajstić information content (AvgIpc) is 3.41. The number of Topliss-reactive ketones (excluding diaryl/α,β-unsaturated/α-hetero) is 1. The van der Waals surface area contributed by atoms with Crippen molar-refractivity contribution in [3.63, 3.8) is 0 Å². The fraction of sp³-hybridized carbons (Fsp3) is 0.286. The van der Waals surface area contributed by atoms with E-state index in [1.807, 2.05) is 19.1 Å². The molecule has 0 bridgehead atoms. The van der Waals surface area contributed by atoms with Gasteiger partial charge >= 0.3 is 0 Å². The van der Waals surface area contributed by atoms with E-state index in [1.165, 1.54) is 17.1 Å². The highest BCUT2D eigenvalue weighted by Gasteiger charge is 2.34. The van der Waals surface area contributed by atoms with E-state index in [9.17, 15) is 9.59 Å². The van der Waals surface area contributed by atoms with E-state index in [1.54, 1.807) is 30.3 Å². The molecule has 3 heterocycles. The Morgan fingerprint density at radius 3 is 2.57 bits per heavy atom. The van der Waals surface area contributed by atoms with Crippen molar-refractivity contribution >= 4 is 17.5 Å². The molecule has 0 aliphatic carbocycles. The molecule has 0 spiro atoms. The molecule has 1 aliphatic heterocycles. The smallest absolute Gasteiger partial charge is 0.274 e. The number of carbonyl (C=O) groups is 2. The number of nitrogens with zero attached hydrogens (tertiary/aromatic N) is 5. The molecule has 1 amide bonds. The summed E-state index contributed by atoms with van der Waals surface area (Å²) in [6, 6.07) is 7.23. The summed E-state index contributed by atoms with van der Waals surface area (Å²) in [5.74, 6) is 0.328. The van der Waals surface area contributed by atoms with Crippen LogP contribution in [0, 0.1) is 12.8 Å². The average molecular weight is 406 g/mol. The summed E-state index contributed by atoms with van der Waals surface area (Å²) in [4.78, 5) is 35.6. The molecule has 1 aliphatic rings. The number of methoxy groups -OCH3 is 1. The minimum absolute atomic E-state index is 0.113. The topological polar surface area (TPSA) is 116 Å². The predicted molar refractivity (Wildman–Crippen MR) is 110 cm³/mol. The van der Waals surface area contributed by atoms with Crippen LogP contribution in [0.25, 0.3) is 5.69 Å². The van der Waals surface area contributed by atoms with E-state index in [-0.39, 0.29) is 29.1 Å². The Balaban J connectivity index is 1.48. The lowest BCUT2D eigenvalue weighted by molar-refractivity contribution is 0.0774. The van der Waals surface area contributed by atoms with Crippen molar-refractivity contribution in [3.8, 4) is 11.4 Å². The van der Waals surface area contributed by atoms with Crippen molar-refractivity contribution in [2.24, 2.45) is 5.92 Å². The van der Waals surface area contributed by atoms with Gasteiger partial charge in [-0.15, -0.1) is 0 Å². The summed E-state index contributed by atoms with van der Waals surface area (Å²) in [5.41, 5.74) is 8.33. The number of nitrogens with two attached hydrogens (primary N) is 1. The molecule has 9 nitrogen and oxygen atoms in total. The van der Waals surface area contributed by atoms with E-state index in [4.69, 9.17) is 10.5 Å². The number of aryl methyl sites for hydroxylation is 1. The number of ketones is 1. The Kier molecular flexibility index (Phi) is 5.18. The second kappa shape index (κ2) is 7.94. The quantitative estimate of drug-likeness (QED) is 0.643. The van der Waals surface area contributed by atoms with Crippen molar-refractivity contribution in [2.75, 3.05) is 25.9 Å². The molecule has 0 radical (unpaired) electrons. The highest BCUT2D eigenvalue weighted by atomic mass is 16.5. The Morgan fingerprint density at radius 1 is 1.13 bits per heavy atom. The number of anilines is 1. The largest absolute Gasteiger partial charge is 0.497 e. The maximum absolute atomic E-state index is 13.0. The lowest BCUT2D eigenvalue weighted by Gasteiger charge is -2.15. The van der Waals surface area contributed by atoms with Gasteiger partial charge in [0, 0.05) is 25.2 Å². The molecule has 4 rings (SSSR count). The second-order valence-corrected chi connectivity index (χ2v) is 7.20. The third-order valence-corrected chi connectivity index (χ3v) is 5.24. The number of hydrogen-bond acceptors (Lipinski definition) is 7. The van der Waals surface area contributed by atoms with Gasteiger partial charge in [0.05, 0.1) is 36.4 Å². The minimum Gasteiger partial charge on any atom is -0.497 e. The first-order chi connectivity index (χ1) is 14.5. The maximum atomic E-state index is 13.0. The molecule has 1 saturated heterocycles. The van der Waals surface area contributed by atoms with Gasteiger partial charge in [0.2, 0.25) is 0 Å². The van der Waals surface area contributed by atoms with Crippen LogP contribution in [0.2, 0.25) is 0 Å². The first kappa shape index (κ1) is 19.6. The zero-order valence-corrected chi connectivity index (χ0v) is 16.8. The van der Waals surface area contributed by atoms with Crippen molar-refractivity contribution in [1.29, 1.82) is 0 Å². The number of hydrogen-bond donors (Lipinski definition) is 1. The summed E-state index contributed by atoms with van der Waals surface area (Å²) in [6.07, 6.45) is 5.07. The van der Waals surface area contributed by atoms with E-state index < -0.39 is 0 Å². The molecule has 0 saturated carbocycles. The molecule has 3 aromatic rings. The number of nitrogen functional groups attached to an aromatic ring is 1. The molecule has 0 unspecified atom stereocenters. The summed E-state index contributed by atoms with van der Waals surface area (Å²) >= 11 is 0. The Hall–Kier alpha value is -3.75. The van der Waals surface area contributed by atoms with Gasteiger partial charge in [0.25, 0.3) is 5.91 Å². The molecule has 2 aromatic heterocycles. The monoisotopic (exact) mass is 406 g/mol. The van der Waals surface area contributed by atoms with Crippen molar-refractivity contribution < 1.29 is 14.3 Å². The number of rotatable bonds is 5. The number of benzene rings is 1. The third-order valence-electron chi connectivity index (χ3n) is 5.24. The molecular weight excluding hydrogens is 384 g/mol. The van der Waals surface area contributed by atoms with Gasteiger partial charge in [-0.05, 0) is 37.6 Å². The number of aromatic nitrogens is 4. The maximum Gasteiger partial charge on any atom is 0.274 e. The van der Waals surface area contributed by atoms with Crippen LogP contribution in [0.3, 0.4) is 0 Å². The normalized spacial score (nSPS) is 15.9. The van der Waals surface area contributed by atoms with E-state index in [2.05, 4.69) is 15.1 Å². The van der Waals surface area contributed by atoms with Gasteiger partial charge in [-0.1, -0.05) is 0 Å². The molecule has 30 heavy (non-hydrogen) atoms. The first-order valence-corrected chi connectivity index (χ1v) is 9.58. The molecular formula is C21H22N6O3. The molecule has 9 heteroatoms. The molecule has 2 N–H and O–H groups in total. The summed E-state index contributed by atoms with van der Waals surface area (Å²) in [7, 11) is 1.59. The van der Waals surface area contributed by atoms with Crippen LogP contribution in [0.1, 0.15) is 33.0 Å². The van der Waals surface area contributed by atoms with Crippen LogP contribution in [0.4, 0.5) is 5.82 Å². The van der Waals surface area contributed by atoms with Crippen LogP contribution < -0.4 is 10.5 Å². The van der Waals surface area contributed by atoms with Crippen molar-refractivity contribution in [1.82, 2.24) is 24.6 Å². The lowest BCUT2D eigenvalue weighted by Crippen LogP contribution is -2.30. The van der Waals surface area contributed by atoms with E-state index in [0.717, 1.165) is 17.1 Å². The number of carbonyl (C=O) groups excluding carboxylic acids is 2. The van der Waals surface area contributed by atoms with Crippen LogP contribution >= 0.6 is 0 Å². The van der Waals surface area contributed by atoms with Gasteiger partial charge in [-0.25, -0.2) is 9.67 Å². The zero-order chi connectivity index (χ0) is 21.3. The number of amides is 1. The van der Waals surface area contributed by atoms with Crippen LogP contribution in [0.15, 0.2) is 42.9 Å². The number of likely N-dealkylation sites (tertiary alicyclic amines) is 1. The van der Waals surface area contributed by atoms with Gasteiger partial charge in [0.15, 0.2) is 5.78 Å². The van der Waals surface area contributed by atoms with Crippen LogP contribution in [-0.2, 0) is 0 Å². The standard InChI is InChI=1S/C21H22N6O3/c1-13-9-24-18(11-23-13)21(29)26-8-7-14(12-26)19(28)17-10-25-27(20(17)22)15-3-5-16(30-2)6-4-15/h3-6,9-11,14H,7-8,12,22H2,1-2H3/t14-/m1/s1.